The molecule has 3 N–H and O–H groups in total. The van der Waals surface area contributed by atoms with E-state index < -0.39 is 18.2 Å². The van der Waals surface area contributed by atoms with Crippen LogP contribution in [0.5, 0.6) is 0 Å². The van der Waals surface area contributed by atoms with Crippen molar-refractivity contribution in [1.82, 2.24) is 5.32 Å². The van der Waals surface area contributed by atoms with Gasteiger partial charge >= 0.3 is 6.09 Å². The summed E-state index contributed by atoms with van der Waals surface area (Å²) in [6.45, 7) is 3.59. The molecular formula is C14H19NO3. The highest BCUT2D eigenvalue weighted by Crippen LogP contribution is 2.10. The smallest absolute Gasteiger partial charge is 0.404 e. The van der Waals surface area contributed by atoms with E-state index in [1.165, 1.54) is 0 Å². The molecule has 18 heavy (non-hydrogen) atoms. The largest absolute Gasteiger partial charge is 0.465 e. The second-order valence-electron chi connectivity index (χ2n) is 4.18. The highest BCUT2D eigenvalue weighted by Gasteiger charge is 2.20. The lowest BCUT2D eigenvalue weighted by Gasteiger charge is -2.22. The van der Waals surface area contributed by atoms with E-state index >= 15 is 0 Å². The lowest BCUT2D eigenvalue weighted by Crippen LogP contribution is -2.44. The lowest BCUT2D eigenvalue weighted by molar-refractivity contribution is 0.112. The van der Waals surface area contributed by atoms with Gasteiger partial charge < -0.3 is 15.5 Å². The summed E-state index contributed by atoms with van der Waals surface area (Å²) in [5.74, 6) is 0. The molecule has 1 amide bonds. The van der Waals surface area contributed by atoms with E-state index in [4.69, 9.17) is 5.11 Å². The number of hydrogen-bond donors (Lipinski definition) is 3. The topological polar surface area (TPSA) is 69.6 Å². The zero-order chi connectivity index (χ0) is 13.4. The zero-order valence-electron chi connectivity index (χ0n) is 10.2. The molecule has 2 unspecified atom stereocenters. The molecule has 0 saturated heterocycles. The Balaban J connectivity index is 2.65. The molecule has 1 aromatic rings. The molecule has 0 aromatic heterocycles. The van der Waals surface area contributed by atoms with Gasteiger partial charge in [-0.15, -0.1) is 6.58 Å². The molecule has 0 heterocycles. The van der Waals surface area contributed by atoms with Crippen LogP contribution >= 0.6 is 0 Å². The zero-order valence-corrected chi connectivity index (χ0v) is 10.2. The summed E-state index contributed by atoms with van der Waals surface area (Å²) in [6, 6.07) is 9.02. The van der Waals surface area contributed by atoms with Gasteiger partial charge in [0.05, 0.1) is 12.1 Å². The van der Waals surface area contributed by atoms with Crippen molar-refractivity contribution in [2.75, 3.05) is 0 Å². The van der Waals surface area contributed by atoms with Crippen molar-refractivity contribution < 1.29 is 15.0 Å². The molecule has 4 heteroatoms. The first-order valence-electron chi connectivity index (χ1n) is 5.96. The SMILES string of the molecule is C=CCCC(O)C(Cc1ccccc1)NC(=O)O. The molecule has 0 bridgehead atoms. The Bertz CT molecular complexity index is 378. The number of carbonyl (C=O) groups is 1. The monoisotopic (exact) mass is 249 g/mol. The van der Waals surface area contributed by atoms with E-state index in [1.54, 1.807) is 6.08 Å². The van der Waals surface area contributed by atoms with Crippen LogP contribution in [0.2, 0.25) is 0 Å². The average molecular weight is 249 g/mol. The molecule has 1 rings (SSSR count). The third-order valence-electron chi connectivity index (χ3n) is 2.74. The third kappa shape index (κ3) is 5.01. The third-order valence-corrected chi connectivity index (χ3v) is 2.74. The Morgan fingerprint density at radius 3 is 2.61 bits per heavy atom. The van der Waals surface area contributed by atoms with Crippen molar-refractivity contribution in [3.63, 3.8) is 0 Å². The molecule has 4 nitrogen and oxygen atoms in total. The fourth-order valence-electron chi connectivity index (χ4n) is 1.80. The summed E-state index contributed by atoms with van der Waals surface area (Å²) in [7, 11) is 0. The van der Waals surface area contributed by atoms with Crippen LogP contribution in [0.15, 0.2) is 43.0 Å². The number of nitrogens with one attached hydrogen (secondary N) is 1. The van der Waals surface area contributed by atoms with Crippen LogP contribution in [0.4, 0.5) is 4.79 Å². The van der Waals surface area contributed by atoms with Gasteiger partial charge in [0.1, 0.15) is 0 Å². The molecule has 0 aliphatic rings. The molecule has 1 aromatic carbocycles. The fourth-order valence-corrected chi connectivity index (χ4v) is 1.80. The van der Waals surface area contributed by atoms with Gasteiger partial charge in [-0.3, -0.25) is 0 Å². The van der Waals surface area contributed by atoms with Crippen molar-refractivity contribution >= 4 is 6.09 Å². The molecule has 0 fully saturated rings. The molecule has 0 saturated carbocycles. The molecule has 2 atom stereocenters. The highest BCUT2D eigenvalue weighted by atomic mass is 16.4. The minimum absolute atomic E-state index is 0.478. The number of rotatable bonds is 7. The van der Waals surface area contributed by atoms with E-state index in [0.717, 1.165) is 5.56 Å². The van der Waals surface area contributed by atoms with Crippen LogP contribution in [-0.2, 0) is 6.42 Å². The van der Waals surface area contributed by atoms with Gasteiger partial charge in [-0.05, 0) is 24.8 Å². The summed E-state index contributed by atoms with van der Waals surface area (Å²) in [6.07, 6.45) is 1.53. The summed E-state index contributed by atoms with van der Waals surface area (Å²) in [5, 5.41) is 21.1. The molecule has 0 aliphatic carbocycles. The van der Waals surface area contributed by atoms with Gasteiger partial charge in [-0.25, -0.2) is 4.79 Å². The molecule has 0 radical (unpaired) electrons. The predicted octanol–water partition coefficient (Wildman–Crippen LogP) is 2.19. The number of allylic oxidation sites excluding steroid dienone is 1. The number of hydrogen-bond acceptors (Lipinski definition) is 2. The fraction of sp³-hybridized carbons (Fsp3) is 0.357. The van der Waals surface area contributed by atoms with Crippen molar-refractivity contribution in [2.24, 2.45) is 0 Å². The maximum atomic E-state index is 10.7. The Hall–Kier alpha value is -1.81. The van der Waals surface area contributed by atoms with Crippen molar-refractivity contribution in [3.05, 3.63) is 48.6 Å². The van der Waals surface area contributed by atoms with Crippen LogP contribution in [0, 0.1) is 0 Å². The van der Waals surface area contributed by atoms with Gasteiger partial charge in [0, 0.05) is 0 Å². The normalized spacial score (nSPS) is 13.6. The first-order chi connectivity index (χ1) is 8.63. The highest BCUT2D eigenvalue weighted by molar-refractivity contribution is 5.65. The van der Waals surface area contributed by atoms with E-state index in [-0.39, 0.29) is 0 Å². The first kappa shape index (κ1) is 14.3. The van der Waals surface area contributed by atoms with Crippen LogP contribution in [0.25, 0.3) is 0 Å². The minimum Gasteiger partial charge on any atom is -0.465 e. The summed E-state index contributed by atoms with van der Waals surface area (Å²) in [4.78, 5) is 10.7. The Labute approximate surface area is 107 Å². The van der Waals surface area contributed by atoms with E-state index in [0.29, 0.717) is 19.3 Å². The Morgan fingerprint density at radius 1 is 1.39 bits per heavy atom. The Kier molecular flexibility index (Phi) is 5.94. The van der Waals surface area contributed by atoms with Crippen molar-refractivity contribution in [3.8, 4) is 0 Å². The number of benzene rings is 1. The predicted molar refractivity (Wildman–Crippen MR) is 70.5 cm³/mol. The van der Waals surface area contributed by atoms with E-state index in [1.807, 2.05) is 30.3 Å². The average Bonchev–Trinajstić information content (AvgIpc) is 2.36. The van der Waals surface area contributed by atoms with Crippen LogP contribution < -0.4 is 5.32 Å². The van der Waals surface area contributed by atoms with Crippen molar-refractivity contribution in [2.45, 2.75) is 31.4 Å². The van der Waals surface area contributed by atoms with Crippen LogP contribution in [0.3, 0.4) is 0 Å². The van der Waals surface area contributed by atoms with Crippen molar-refractivity contribution in [1.29, 1.82) is 0 Å². The van der Waals surface area contributed by atoms with Gasteiger partial charge in [0.15, 0.2) is 0 Å². The van der Waals surface area contributed by atoms with Gasteiger partial charge in [0.2, 0.25) is 0 Å². The standard InChI is InChI=1S/C14H19NO3/c1-2-3-9-13(16)12(15-14(17)18)10-11-7-5-4-6-8-11/h2,4-8,12-13,15-16H,1,3,9-10H2,(H,17,18). The quantitative estimate of drug-likeness (QED) is 0.649. The molecule has 98 valence electrons. The Morgan fingerprint density at radius 2 is 2.06 bits per heavy atom. The van der Waals surface area contributed by atoms with E-state index in [2.05, 4.69) is 11.9 Å². The van der Waals surface area contributed by atoms with Gasteiger partial charge in [-0.1, -0.05) is 36.4 Å². The first-order valence-corrected chi connectivity index (χ1v) is 5.96. The summed E-state index contributed by atoms with van der Waals surface area (Å²) < 4.78 is 0. The molecule has 0 aliphatic heterocycles. The second kappa shape index (κ2) is 7.50. The van der Waals surface area contributed by atoms with Gasteiger partial charge in [0.25, 0.3) is 0 Å². The lowest BCUT2D eigenvalue weighted by atomic mass is 9.98. The minimum atomic E-state index is -1.12. The van der Waals surface area contributed by atoms with Crippen LogP contribution in [-0.4, -0.2) is 28.5 Å². The summed E-state index contributed by atoms with van der Waals surface area (Å²) >= 11 is 0. The number of aliphatic hydroxyl groups excluding tert-OH is 1. The maximum Gasteiger partial charge on any atom is 0.404 e. The second-order valence-corrected chi connectivity index (χ2v) is 4.18. The van der Waals surface area contributed by atoms with E-state index in [9.17, 15) is 9.90 Å². The number of aliphatic hydroxyl groups is 1. The van der Waals surface area contributed by atoms with Crippen LogP contribution in [0.1, 0.15) is 18.4 Å². The summed E-state index contributed by atoms with van der Waals surface area (Å²) in [5.41, 5.74) is 0.994. The number of amides is 1. The molecular weight excluding hydrogens is 230 g/mol. The number of carboxylic acid groups (broad SMARTS) is 1. The van der Waals surface area contributed by atoms with Gasteiger partial charge in [-0.2, -0.15) is 0 Å². The molecule has 0 spiro atoms. The maximum absolute atomic E-state index is 10.7.